The minimum Gasteiger partial charge on any atom is -0.448 e. The molecule has 0 spiro atoms. The fourth-order valence-electron chi connectivity index (χ4n) is 3.34. The Labute approximate surface area is 158 Å². The molecule has 2 aromatic carbocycles. The van der Waals surface area contributed by atoms with E-state index in [0.717, 1.165) is 33.3 Å². The molecule has 0 aliphatic carbocycles. The van der Waals surface area contributed by atoms with E-state index >= 15 is 0 Å². The van der Waals surface area contributed by atoms with Crippen LogP contribution in [0.5, 0.6) is 0 Å². The molecule has 0 bridgehead atoms. The number of carbonyl (C=O) groups excluding carboxylic acids is 1. The largest absolute Gasteiger partial charge is 0.448 e. The molecule has 0 N–H and O–H groups in total. The zero-order valence-corrected chi connectivity index (χ0v) is 15.9. The number of hydrogen-bond donors (Lipinski definition) is 0. The van der Waals surface area contributed by atoms with E-state index in [1.807, 2.05) is 69.3 Å². The Bertz CT molecular complexity index is 1070. The fraction of sp³-hybridized carbons (Fsp3) is 0.227. The number of benzene rings is 2. The molecule has 1 amide bonds. The second kappa shape index (κ2) is 6.20. The second-order valence-corrected chi connectivity index (χ2v) is 7.23. The number of ether oxygens (including phenoxy) is 1. The molecule has 0 fully saturated rings. The SMILES string of the molecule is CC(=O)N1N=C(c2cc(-c3ccccc3)nc3ccc(C)cc23)OC1(C)C. The summed E-state index contributed by atoms with van der Waals surface area (Å²) in [6, 6.07) is 18.1. The first-order valence-electron chi connectivity index (χ1n) is 8.91. The molecule has 5 heteroatoms. The van der Waals surface area contributed by atoms with Gasteiger partial charge >= 0.3 is 0 Å². The molecule has 0 radical (unpaired) electrons. The summed E-state index contributed by atoms with van der Waals surface area (Å²) in [6.45, 7) is 7.19. The van der Waals surface area contributed by atoms with Crippen molar-refractivity contribution in [2.45, 2.75) is 33.4 Å². The number of aryl methyl sites for hydroxylation is 1. The van der Waals surface area contributed by atoms with Gasteiger partial charge in [-0.25, -0.2) is 4.98 Å². The van der Waals surface area contributed by atoms with E-state index in [1.54, 1.807) is 0 Å². The summed E-state index contributed by atoms with van der Waals surface area (Å²) in [5.41, 5.74) is 3.85. The molecule has 0 saturated carbocycles. The van der Waals surface area contributed by atoms with Crippen molar-refractivity contribution in [2.75, 3.05) is 0 Å². The zero-order chi connectivity index (χ0) is 19.2. The standard InChI is InChI=1S/C22H21N3O2/c1-14-10-11-19-17(12-14)18(13-20(23-19)16-8-6-5-7-9-16)21-24-25(15(2)26)22(3,4)27-21/h5-13H,1-4H3. The number of pyridine rings is 1. The van der Waals surface area contributed by atoms with Gasteiger partial charge in [0.1, 0.15) is 0 Å². The van der Waals surface area contributed by atoms with E-state index in [0.29, 0.717) is 5.90 Å². The van der Waals surface area contributed by atoms with Gasteiger partial charge in [0.15, 0.2) is 0 Å². The third-order valence-corrected chi connectivity index (χ3v) is 4.61. The first-order chi connectivity index (χ1) is 12.8. The van der Waals surface area contributed by atoms with Crippen LogP contribution in [-0.4, -0.2) is 27.5 Å². The number of nitrogens with zero attached hydrogens (tertiary/aromatic N) is 3. The highest BCUT2D eigenvalue weighted by molar-refractivity contribution is 6.08. The zero-order valence-electron chi connectivity index (χ0n) is 15.9. The molecular weight excluding hydrogens is 338 g/mol. The lowest BCUT2D eigenvalue weighted by atomic mass is 10.0. The number of carbonyl (C=O) groups is 1. The lowest BCUT2D eigenvalue weighted by Crippen LogP contribution is -2.41. The van der Waals surface area contributed by atoms with Crippen LogP contribution in [0.15, 0.2) is 59.7 Å². The van der Waals surface area contributed by atoms with Gasteiger partial charge in [-0.15, -0.1) is 5.10 Å². The highest BCUT2D eigenvalue weighted by Gasteiger charge is 2.39. The van der Waals surface area contributed by atoms with Crippen LogP contribution in [0.1, 0.15) is 31.9 Å². The van der Waals surface area contributed by atoms with Gasteiger partial charge in [-0.05, 0) is 39.0 Å². The molecule has 136 valence electrons. The maximum Gasteiger partial charge on any atom is 0.243 e. The Morgan fingerprint density at radius 1 is 1.07 bits per heavy atom. The quantitative estimate of drug-likeness (QED) is 0.677. The van der Waals surface area contributed by atoms with Crippen molar-refractivity contribution in [3.63, 3.8) is 0 Å². The van der Waals surface area contributed by atoms with Gasteiger partial charge < -0.3 is 4.74 Å². The summed E-state index contributed by atoms with van der Waals surface area (Å²) in [6.07, 6.45) is 0. The summed E-state index contributed by atoms with van der Waals surface area (Å²) in [7, 11) is 0. The minimum atomic E-state index is -0.826. The molecule has 0 unspecified atom stereocenters. The van der Waals surface area contributed by atoms with Crippen molar-refractivity contribution in [1.29, 1.82) is 0 Å². The number of amides is 1. The highest BCUT2D eigenvalue weighted by atomic mass is 16.5. The summed E-state index contributed by atoms with van der Waals surface area (Å²) < 4.78 is 6.07. The smallest absolute Gasteiger partial charge is 0.243 e. The van der Waals surface area contributed by atoms with E-state index in [-0.39, 0.29) is 5.91 Å². The van der Waals surface area contributed by atoms with Crippen LogP contribution in [0.3, 0.4) is 0 Å². The summed E-state index contributed by atoms with van der Waals surface area (Å²) in [4.78, 5) is 16.8. The second-order valence-electron chi connectivity index (χ2n) is 7.23. The van der Waals surface area contributed by atoms with Gasteiger partial charge in [0, 0.05) is 23.4 Å². The fourth-order valence-corrected chi connectivity index (χ4v) is 3.34. The van der Waals surface area contributed by atoms with Gasteiger partial charge in [-0.2, -0.15) is 5.01 Å². The Morgan fingerprint density at radius 2 is 1.81 bits per heavy atom. The van der Waals surface area contributed by atoms with E-state index in [2.05, 4.69) is 11.2 Å². The molecule has 5 nitrogen and oxygen atoms in total. The normalized spacial score (nSPS) is 15.6. The number of hydrazone groups is 1. The van der Waals surface area contributed by atoms with Gasteiger partial charge in [0.25, 0.3) is 0 Å². The van der Waals surface area contributed by atoms with E-state index < -0.39 is 5.72 Å². The van der Waals surface area contributed by atoms with E-state index in [9.17, 15) is 4.79 Å². The molecule has 27 heavy (non-hydrogen) atoms. The number of rotatable bonds is 2. The predicted octanol–water partition coefficient (Wildman–Crippen LogP) is 4.49. The minimum absolute atomic E-state index is 0.159. The van der Waals surface area contributed by atoms with E-state index in [1.165, 1.54) is 11.9 Å². The Hall–Kier alpha value is -3.21. The van der Waals surface area contributed by atoms with Crippen LogP contribution < -0.4 is 0 Å². The van der Waals surface area contributed by atoms with Crippen molar-refractivity contribution in [2.24, 2.45) is 5.10 Å². The molecule has 1 aromatic heterocycles. The third-order valence-electron chi connectivity index (χ3n) is 4.61. The average Bonchev–Trinajstić information content (AvgIpc) is 2.97. The Kier molecular flexibility index (Phi) is 3.95. The van der Waals surface area contributed by atoms with Crippen molar-refractivity contribution in [3.8, 4) is 11.3 Å². The van der Waals surface area contributed by atoms with Gasteiger partial charge in [-0.3, -0.25) is 4.79 Å². The predicted molar refractivity (Wildman–Crippen MR) is 106 cm³/mol. The Balaban J connectivity index is 1.95. The lowest BCUT2D eigenvalue weighted by molar-refractivity contribution is -0.142. The van der Waals surface area contributed by atoms with Gasteiger partial charge in [-0.1, -0.05) is 42.0 Å². The number of hydrogen-bond acceptors (Lipinski definition) is 4. The topological polar surface area (TPSA) is 54.8 Å². The van der Waals surface area contributed by atoms with Crippen LogP contribution in [-0.2, 0) is 9.53 Å². The molecule has 2 heterocycles. The first kappa shape index (κ1) is 17.2. The maximum atomic E-state index is 12.0. The van der Waals surface area contributed by atoms with E-state index in [4.69, 9.17) is 9.72 Å². The summed E-state index contributed by atoms with van der Waals surface area (Å²) in [5, 5.41) is 6.81. The summed E-state index contributed by atoms with van der Waals surface area (Å²) >= 11 is 0. The van der Waals surface area contributed by atoms with Crippen LogP contribution in [0, 0.1) is 6.92 Å². The van der Waals surface area contributed by atoms with Crippen molar-refractivity contribution < 1.29 is 9.53 Å². The third kappa shape index (κ3) is 3.05. The van der Waals surface area contributed by atoms with Crippen molar-refractivity contribution >= 4 is 22.7 Å². The molecular formula is C22H21N3O2. The first-order valence-corrected chi connectivity index (χ1v) is 8.91. The maximum absolute atomic E-state index is 12.0. The lowest BCUT2D eigenvalue weighted by Gasteiger charge is -2.26. The van der Waals surface area contributed by atoms with Gasteiger partial charge in [0.2, 0.25) is 17.5 Å². The van der Waals surface area contributed by atoms with Crippen molar-refractivity contribution in [3.05, 3.63) is 65.7 Å². The molecule has 1 aliphatic rings. The highest BCUT2D eigenvalue weighted by Crippen LogP contribution is 2.32. The monoisotopic (exact) mass is 359 g/mol. The molecule has 3 aromatic rings. The summed E-state index contributed by atoms with van der Waals surface area (Å²) in [5.74, 6) is 0.276. The van der Waals surface area contributed by atoms with Crippen LogP contribution in [0.25, 0.3) is 22.2 Å². The molecule has 4 rings (SSSR count). The average molecular weight is 359 g/mol. The Morgan fingerprint density at radius 3 is 2.48 bits per heavy atom. The molecule has 0 saturated heterocycles. The van der Waals surface area contributed by atoms with Crippen LogP contribution >= 0.6 is 0 Å². The van der Waals surface area contributed by atoms with Crippen LogP contribution in [0.4, 0.5) is 0 Å². The van der Waals surface area contributed by atoms with Gasteiger partial charge in [0.05, 0.1) is 11.2 Å². The molecule has 0 atom stereocenters. The number of fused-ring (bicyclic) bond motifs is 1. The van der Waals surface area contributed by atoms with Crippen LogP contribution in [0.2, 0.25) is 0 Å². The molecule has 1 aliphatic heterocycles. The van der Waals surface area contributed by atoms with Crippen molar-refractivity contribution in [1.82, 2.24) is 9.99 Å². The number of aromatic nitrogens is 1.